The van der Waals surface area contributed by atoms with Crippen molar-refractivity contribution in [3.8, 4) is 0 Å². The highest BCUT2D eigenvalue weighted by Gasteiger charge is 2.28. The van der Waals surface area contributed by atoms with Crippen molar-refractivity contribution in [2.75, 3.05) is 30.3 Å². The number of aliphatic imine (C=N–C) groups is 1. The van der Waals surface area contributed by atoms with Crippen molar-refractivity contribution in [3.05, 3.63) is 0 Å². The molecule has 1 aliphatic rings. The lowest BCUT2D eigenvalue weighted by molar-refractivity contribution is 0.559. The second kappa shape index (κ2) is 10.2. The molecular formula is C14H30IN3O2S2. The average Bonchev–Trinajstić information content (AvgIpc) is 2.38. The minimum absolute atomic E-state index is 0. The molecule has 0 aromatic rings. The highest BCUT2D eigenvalue weighted by Crippen LogP contribution is 2.17. The normalized spacial score (nSPS) is 20.2. The molecule has 2 N–H and O–H groups in total. The Bertz CT molecular complexity index is 441. The van der Waals surface area contributed by atoms with Crippen LogP contribution in [0, 0.1) is 0 Å². The van der Waals surface area contributed by atoms with Crippen LogP contribution < -0.4 is 10.6 Å². The fraction of sp³-hybridized carbons (Fsp3) is 0.929. The molecule has 0 saturated carbocycles. The van der Waals surface area contributed by atoms with Crippen LogP contribution in [0.15, 0.2) is 4.99 Å². The Hall–Kier alpha value is 0.300. The average molecular weight is 463 g/mol. The maximum atomic E-state index is 12.1. The van der Waals surface area contributed by atoms with E-state index < -0.39 is 14.6 Å². The monoisotopic (exact) mass is 463 g/mol. The molecule has 0 aromatic carbocycles. The third-order valence-corrected chi connectivity index (χ3v) is 7.21. The lowest BCUT2D eigenvalue weighted by atomic mass is 10.2. The molecular weight excluding hydrogens is 433 g/mol. The molecule has 0 aromatic heterocycles. The first-order valence-electron chi connectivity index (χ1n) is 7.61. The van der Waals surface area contributed by atoms with Gasteiger partial charge < -0.3 is 10.6 Å². The Labute approximate surface area is 156 Å². The molecule has 1 fully saturated rings. The Balaban J connectivity index is 0.00000441. The van der Waals surface area contributed by atoms with Gasteiger partial charge in [-0.25, -0.2) is 8.42 Å². The summed E-state index contributed by atoms with van der Waals surface area (Å²) in [6.07, 6.45) is 2.37. The van der Waals surface area contributed by atoms with Crippen LogP contribution in [-0.4, -0.2) is 55.5 Å². The van der Waals surface area contributed by atoms with Gasteiger partial charge in [0, 0.05) is 18.3 Å². The molecule has 1 saturated heterocycles. The van der Waals surface area contributed by atoms with Gasteiger partial charge >= 0.3 is 0 Å². The van der Waals surface area contributed by atoms with E-state index in [1.54, 1.807) is 20.8 Å². The lowest BCUT2D eigenvalue weighted by Gasteiger charge is -2.24. The summed E-state index contributed by atoms with van der Waals surface area (Å²) in [4.78, 5) is 4.41. The van der Waals surface area contributed by atoms with Crippen molar-refractivity contribution in [2.24, 2.45) is 4.99 Å². The van der Waals surface area contributed by atoms with E-state index >= 15 is 0 Å². The van der Waals surface area contributed by atoms with Crippen LogP contribution in [0.4, 0.5) is 0 Å². The van der Waals surface area contributed by atoms with Gasteiger partial charge in [-0.1, -0.05) is 0 Å². The van der Waals surface area contributed by atoms with E-state index in [1.165, 1.54) is 12.2 Å². The maximum absolute atomic E-state index is 12.1. The van der Waals surface area contributed by atoms with Gasteiger partial charge in [-0.05, 0) is 46.3 Å². The third-order valence-electron chi connectivity index (χ3n) is 3.41. The molecule has 1 unspecified atom stereocenters. The molecule has 1 heterocycles. The third kappa shape index (κ3) is 7.72. The van der Waals surface area contributed by atoms with Crippen molar-refractivity contribution in [1.29, 1.82) is 0 Å². The highest BCUT2D eigenvalue weighted by molar-refractivity contribution is 14.0. The van der Waals surface area contributed by atoms with E-state index in [1.807, 2.05) is 18.7 Å². The van der Waals surface area contributed by atoms with Crippen LogP contribution in [-0.2, 0) is 9.84 Å². The predicted molar refractivity (Wildman–Crippen MR) is 108 cm³/mol. The quantitative estimate of drug-likeness (QED) is 0.372. The standard InChI is InChI=1S/C14H29N3O2S2.HI/c1-5-15-13(17-12-7-6-9-20-11-12)16-8-10-21(18,19)14(2,3)4;/h12H,5-11H2,1-4H3,(H2,15,16,17);1H. The second-order valence-electron chi connectivity index (χ2n) is 6.25. The summed E-state index contributed by atoms with van der Waals surface area (Å²) in [5, 5.41) is 6.59. The van der Waals surface area contributed by atoms with Gasteiger partial charge in [-0.15, -0.1) is 24.0 Å². The van der Waals surface area contributed by atoms with Crippen molar-refractivity contribution < 1.29 is 8.42 Å². The number of hydrogen-bond donors (Lipinski definition) is 2. The fourth-order valence-corrected chi connectivity index (χ4v) is 3.97. The topological polar surface area (TPSA) is 70.6 Å². The van der Waals surface area contributed by atoms with Gasteiger partial charge in [-0.3, -0.25) is 4.99 Å². The zero-order chi connectivity index (χ0) is 15.9. The van der Waals surface area contributed by atoms with E-state index in [4.69, 9.17) is 0 Å². The molecule has 1 aliphatic heterocycles. The maximum Gasteiger partial charge on any atom is 0.191 e. The van der Waals surface area contributed by atoms with Crippen LogP contribution in [0.25, 0.3) is 0 Å². The van der Waals surface area contributed by atoms with Crippen LogP contribution in [0.2, 0.25) is 0 Å². The zero-order valence-electron chi connectivity index (χ0n) is 14.0. The molecule has 0 amide bonds. The van der Waals surface area contributed by atoms with Gasteiger partial charge in [0.05, 0.1) is 17.0 Å². The Kier molecular flexibility index (Phi) is 10.4. The second-order valence-corrected chi connectivity index (χ2v) is 10.3. The molecule has 132 valence electrons. The predicted octanol–water partition coefficient (Wildman–Crippen LogP) is 2.27. The summed E-state index contributed by atoms with van der Waals surface area (Å²) in [5.41, 5.74) is 0. The first-order chi connectivity index (χ1) is 9.76. The summed E-state index contributed by atoms with van der Waals surface area (Å²) in [6, 6.07) is 0.431. The Morgan fingerprint density at radius 3 is 2.55 bits per heavy atom. The number of sulfone groups is 1. The van der Waals surface area contributed by atoms with E-state index in [2.05, 4.69) is 15.6 Å². The minimum atomic E-state index is -3.11. The fourth-order valence-electron chi connectivity index (χ4n) is 1.95. The van der Waals surface area contributed by atoms with Gasteiger partial charge in [0.1, 0.15) is 0 Å². The molecule has 22 heavy (non-hydrogen) atoms. The van der Waals surface area contributed by atoms with E-state index in [0.29, 0.717) is 12.6 Å². The lowest BCUT2D eigenvalue weighted by Crippen LogP contribution is -2.45. The highest BCUT2D eigenvalue weighted by atomic mass is 127. The molecule has 0 aliphatic carbocycles. The van der Waals surface area contributed by atoms with Crippen molar-refractivity contribution in [1.82, 2.24) is 10.6 Å². The SMILES string of the molecule is CCNC(=NCCS(=O)(=O)C(C)(C)C)NC1CCCSC1.I. The molecule has 0 spiro atoms. The van der Waals surface area contributed by atoms with E-state index in [0.717, 1.165) is 24.7 Å². The van der Waals surface area contributed by atoms with Gasteiger partial charge in [0.2, 0.25) is 0 Å². The van der Waals surface area contributed by atoms with Crippen LogP contribution in [0.5, 0.6) is 0 Å². The van der Waals surface area contributed by atoms with Gasteiger partial charge in [0.15, 0.2) is 15.8 Å². The summed E-state index contributed by atoms with van der Waals surface area (Å²) in [6.45, 7) is 8.28. The zero-order valence-corrected chi connectivity index (χ0v) is 18.0. The molecule has 5 nitrogen and oxygen atoms in total. The van der Waals surface area contributed by atoms with E-state index in [-0.39, 0.29) is 29.7 Å². The largest absolute Gasteiger partial charge is 0.357 e. The number of rotatable bonds is 5. The number of nitrogens with one attached hydrogen (secondary N) is 2. The Morgan fingerprint density at radius 1 is 1.36 bits per heavy atom. The van der Waals surface area contributed by atoms with Crippen molar-refractivity contribution in [2.45, 2.75) is 51.3 Å². The van der Waals surface area contributed by atoms with Crippen LogP contribution >= 0.6 is 35.7 Å². The van der Waals surface area contributed by atoms with Crippen LogP contribution in [0.1, 0.15) is 40.5 Å². The Morgan fingerprint density at radius 2 is 2.05 bits per heavy atom. The van der Waals surface area contributed by atoms with Gasteiger partial charge in [0.25, 0.3) is 0 Å². The summed E-state index contributed by atoms with van der Waals surface area (Å²) < 4.78 is 23.4. The molecule has 1 rings (SSSR count). The number of thioether (sulfide) groups is 1. The van der Waals surface area contributed by atoms with Crippen molar-refractivity contribution in [3.63, 3.8) is 0 Å². The number of hydrogen-bond acceptors (Lipinski definition) is 4. The molecule has 0 radical (unpaired) electrons. The minimum Gasteiger partial charge on any atom is -0.357 e. The van der Waals surface area contributed by atoms with Crippen LogP contribution in [0.3, 0.4) is 0 Å². The molecule has 0 bridgehead atoms. The summed E-state index contributed by atoms with van der Waals surface area (Å²) in [5.74, 6) is 3.14. The summed E-state index contributed by atoms with van der Waals surface area (Å²) >= 11 is 1.95. The smallest absolute Gasteiger partial charge is 0.191 e. The first kappa shape index (κ1) is 22.3. The first-order valence-corrected chi connectivity index (χ1v) is 10.4. The molecule has 1 atom stereocenters. The number of nitrogens with zero attached hydrogens (tertiary/aromatic N) is 1. The van der Waals surface area contributed by atoms with Crippen molar-refractivity contribution >= 4 is 51.5 Å². The summed E-state index contributed by atoms with van der Waals surface area (Å²) in [7, 11) is -3.11. The number of guanidine groups is 1. The van der Waals surface area contributed by atoms with E-state index in [9.17, 15) is 8.42 Å². The number of halogens is 1. The molecule has 8 heteroatoms. The van der Waals surface area contributed by atoms with Gasteiger partial charge in [-0.2, -0.15) is 11.8 Å².